The number of hydrogen-bond donors (Lipinski definition) is 1. The molecule has 0 spiro atoms. The molecule has 1 amide bonds. The molecule has 2 unspecified atom stereocenters. The van der Waals surface area contributed by atoms with Crippen molar-refractivity contribution in [3.63, 3.8) is 0 Å². The number of benzene rings is 1. The molecule has 4 nitrogen and oxygen atoms in total. The Morgan fingerprint density at radius 3 is 2.91 bits per heavy atom. The Labute approximate surface area is 129 Å². The topological polar surface area (TPSA) is 41.6 Å². The van der Waals surface area contributed by atoms with E-state index < -0.39 is 11.6 Å². The largest absolute Gasteiger partial charge is 0.377 e. The average molecular weight is 312 g/mol. The van der Waals surface area contributed by atoms with Gasteiger partial charge in [0.05, 0.1) is 12.1 Å². The third-order valence-electron chi connectivity index (χ3n) is 3.93. The molecule has 0 radical (unpaired) electrons. The number of amides is 1. The van der Waals surface area contributed by atoms with Crippen LogP contribution in [0.2, 0.25) is 0 Å². The Hall–Kier alpha value is -1.53. The minimum Gasteiger partial charge on any atom is -0.377 e. The maximum Gasteiger partial charge on any atom is 0.241 e. The zero-order valence-electron chi connectivity index (χ0n) is 12.9. The van der Waals surface area contributed by atoms with Crippen molar-refractivity contribution in [1.29, 1.82) is 0 Å². The molecule has 1 heterocycles. The van der Waals surface area contributed by atoms with E-state index in [1.165, 1.54) is 6.07 Å². The van der Waals surface area contributed by atoms with Gasteiger partial charge in [0.2, 0.25) is 5.91 Å². The van der Waals surface area contributed by atoms with Crippen molar-refractivity contribution >= 4 is 11.6 Å². The fourth-order valence-electron chi connectivity index (χ4n) is 2.68. The molecule has 1 aromatic carbocycles. The van der Waals surface area contributed by atoms with Gasteiger partial charge in [-0.05, 0) is 45.4 Å². The maximum atomic E-state index is 13.2. The molecule has 6 heteroatoms. The first-order valence-corrected chi connectivity index (χ1v) is 7.62. The lowest BCUT2D eigenvalue weighted by Gasteiger charge is -2.35. The van der Waals surface area contributed by atoms with Gasteiger partial charge in [-0.15, -0.1) is 0 Å². The first-order valence-electron chi connectivity index (χ1n) is 7.62. The van der Waals surface area contributed by atoms with E-state index in [2.05, 4.69) is 10.2 Å². The second kappa shape index (κ2) is 7.65. The Bertz CT molecular complexity index is 523. The normalized spacial score (nSPS) is 20.6. The summed E-state index contributed by atoms with van der Waals surface area (Å²) < 4.78 is 31.7. The van der Waals surface area contributed by atoms with Crippen molar-refractivity contribution in [3.05, 3.63) is 29.8 Å². The van der Waals surface area contributed by atoms with Crippen LogP contribution in [-0.4, -0.2) is 42.6 Å². The van der Waals surface area contributed by atoms with Gasteiger partial charge in [0, 0.05) is 24.9 Å². The van der Waals surface area contributed by atoms with Gasteiger partial charge in [0.15, 0.2) is 11.6 Å². The standard InChI is InChI=1S/C16H22F2N2O2/c1-3-22-13-5-4-8-20(10-13)11(2)16(21)19-12-6-7-14(17)15(18)9-12/h6-7,9,11,13H,3-5,8,10H2,1-2H3,(H,19,21). The van der Waals surface area contributed by atoms with Gasteiger partial charge < -0.3 is 10.1 Å². The molecule has 1 aliphatic heterocycles. The number of rotatable bonds is 5. The summed E-state index contributed by atoms with van der Waals surface area (Å²) in [5.41, 5.74) is 0.258. The number of carbonyl (C=O) groups excluding carboxylic acids is 1. The molecule has 22 heavy (non-hydrogen) atoms. The van der Waals surface area contributed by atoms with Crippen LogP contribution >= 0.6 is 0 Å². The molecule has 2 rings (SSSR count). The van der Waals surface area contributed by atoms with Gasteiger partial charge >= 0.3 is 0 Å². The number of nitrogens with one attached hydrogen (secondary N) is 1. The molecule has 1 saturated heterocycles. The summed E-state index contributed by atoms with van der Waals surface area (Å²) in [6.45, 7) is 5.96. The Balaban J connectivity index is 1.94. The minimum atomic E-state index is -0.972. The highest BCUT2D eigenvalue weighted by atomic mass is 19.2. The number of nitrogens with zero attached hydrogens (tertiary/aromatic N) is 1. The van der Waals surface area contributed by atoms with E-state index in [9.17, 15) is 13.6 Å². The molecule has 0 aliphatic carbocycles. The summed E-state index contributed by atoms with van der Waals surface area (Å²) in [7, 11) is 0. The molecular formula is C16H22F2N2O2. The summed E-state index contributed by atoms with van der Waals surface area (Å²) in [6, 6.07) is 2.99. The molecule has 1 N–H and O–H groups in total. The molecular weight excluding hydrogens is 290 g/mol. The lowest BCUT2D eigenvalue weighted by Crippen LogP contribution is -2.49. The van der Waals surface area contributed by atoms with E-state index in [4.69, 9.17) is 4.74 Å². The number of carbonyl (C=O) groups is 1. The van der Waals surface area contributed by atoms with Gasteiger partial charge in [0.1, 0.15) is 0 Å². The van der Waals surface area contributed by atoms with Crippen LogP contribution in [0.3, 0.4) is 0 Å². The van der Waals surface area contributed by atoms with Crippen LogP contribution in [-0.2, 0) is 9.53 Å². The van der Waals surface area contributed by atoms with Crippen LogP contribution in [0.1, 0.15) is 26.7 Å². The van der Waals surface area contributed by atoms with Gasteiger partial charge in [-0.3, -0.25) is 9.69 Å². The molecule has 1 fully saturated rings. The van der Waals surface area contributed by atoms with E-state index in [1.807, 2.05) is 13.8 Å². The molecule has 2 atom stereocenters. The van der Waals surface area contributed by atoms with E-state index >= 15 is 0 Å². The second-order valence-electron chi connectivity index (χ2n) is 5.51. The van der Waals surface area contributed by atoms with Crippen LogP contribution in [0.5, 0.6) is 0 Å². The Morgan fingerprint density at radius 1 is 1.45 bits per heavy atom. The number of likely N-dealkylation sites (tertiary alicyclic amines) is 1. The predicted octanol–water partition coefficient (Wildman–Crippen LogP) is 2.79. The average Bonchev–Trinajstić information content (AvgIpc) is 2.51. The van der Waals surface area contributed by atoms with Gasteiger partial charge in [-0.2, -0.15) is 0 Å². The minimum absolute atomic E-state index is 0.150. The van der Waals surface area contributed by atoms with Gasteiger partial charge in [0.25, 0.3) is 0 Å². The highest BCUT2D eigenvalue weighted by Crippen LogP contribution is 2.18. The fourth-order valence-corrected chi connectivity index (χ4v) is 2.68. The lowest BCUT2D eigenvalue weighted by molar-refractivity contribution is -0.122. The number of ether oxygens (including phenoxy) is 1. The Kier molecular flexibility index (Phi) is 5.85. The smallest absolute Gasteiger partial charge is 0.241 e. The summed E-state index contributed by atoms with van der Waals surface area (Å²) in [5.74, 6) is -2.13. The molecule has 122 valence electrons. The highest BCUT2D eigenvalue weighted by molar-refractivity contribution is 5.94. The van der Waals surface area contributed by atoms with E-state index in [0.717, 1.165) is 31.5 Å². The van der Waals surface area contributed by atoms with E-state index in [0.29, 0.717) is 13.2 Å². The maximum absolute atomic E-state index is 13.2. The van der Waals surface area contributed by atoms with Crippen LogP contribution < -0.4 is 5.32 Å². The van der Waals surface area contributed by atoms with Crippen molar-refractivity contribution < 1.29 is 18.3 Å². The van der Waals surface area contributed by atoms with E-state index in [1.54, 1.807) is 0 Å². The van der Waals surface area contributed by atoms with Crippen LogP contribution in [0, 0.1) is 11.6 Å². The number of piperidine rings is 1. The summed E-state index contributed by atoms with van der Waals surface area (Å²) in [5, 5.41) is 2.63. The molecule has 1 aliphatic rings. The summed E-state index contributed by atoms with van der Waals surface area (Å²) in [4.78, 5) is 14.3. The SMILES string of the molecule is CCOC1CCCN(C(C)C(=O)Nc2ccc(F)c(F)c2)C1. The fraction of sp³-hybridized carbons (Fsp3) is 0.562. The van der Waals surface area contributed by atoms with Crippen molar-refractivity contribution in [2.24, 2.45) is 0 Å². The first kappa shape index (κ1) is 16.8. The van der Waals surface area contributed by atoms with Gasteiger partial charge in [-0.25, -0.2) is 8.78 Å². The predicted molar refractivity (Wildman–Crippen MR) is 80.7 cm³/mol. The molecule has 0 saturated carbocycles. The first-order chi connectivity index (χ1) is 10.5. The number of halogens is 2. The van der Waals surface area contributed by atoms with Crippen molar-refractivity contribution in [2.45, 2.75) is 38.8 Å². The third kappa shape index (κ3) is 4.24. The molecule has 1 aromatic rings. The van der Waals surface area contributed by atoms with Gasteiger partial charge in [-0.1, -0.05) is 0 Å². The van der Waals surface area contributed by atoms with E-state index in [-0.39, 0.29) is 23.7 Å². The molecule has 0 aromatic heterocycles. The quantitative estimate of drug-likeness (QED) is 0.909. The lowest BCUT2D eigenvalue weighted by atomic mass is 10.1. The summed E-state index contributed by atoms with van der Waals surface area (Å²) in [6.07, 6.45) is 2.13. The highest BCUT2D eigenvalue weighted by Gasteiger charge is 2.27. The monoisotopic (exact) mass is 312 g/mol. The molecule has 0 bridgehead atoms. The van der Waals surface area contributed by atoms with Crippen molar-refractivity contribution in [2.75, 3.05) is 25.0 Å². The Morgan fingerprint density at radius 2 is 2.23 bits per heavy atom. The number of hydrogen-bond acceptors (Lipinski definition) is 3. The van der Waals surface area contributed by atoms with Crippen LogP contribution in [0.4, 0.5) is 14.5 Å². The zero-order chi connectivity index (χ0) is 16.1. The third-order valence-corrected chi connectivity index (χ3v) is 3.93. The van der Waals surface area contributed by atoms with Crippen molar-refractivity contribution in [3.8, 4) is 0 Å². The summed E-state index contributed by atoms with van der Waals surface area (Å²) >= 11 is 0. The van der Waals surface area contributed by atoms with Crippen molar-refractivity contribution in [1.82, 2.24) is 4.90 Å². The number of anilines is 1. The second-order valence-corrected chi connectivity index (χ2v) is 5.51. The van der Waals surface area contributed by atoms with Crippen LogP contribution in [0.25, 0.3) is 0 Å². The van der Waals surface area contributed by atoms with Crippen LogP contribution in [0.15, 0.2) is 18.2 Å². The zero-order valence-corrected chi connectivity index (χ0v) is 12.9.